The Labute approximate surface area is 118 Å². The zero-order valence-electron chi connectivity index (χ0n) is 12.2. The zero-order valence-corrected chi connectivity index (χ0v) is 12.2. The van der Waals surface area contributed by atoms with Crippen molar-refractivity contribution in [3.8, 4) is 0 Å². The fourth-order valence-corrected chi connectivity index (χ4v) is 3.67. The van der Waals surface area contributed by atoms with Crippen LogP contribution in [0.4, 0.5) is 0 Å². The zero-order chi connectivity index (χ0) is 12.9. The second kappa shape index (κ2) is 6.71. The first kappa shape index (κ1) is 13.4. The van der Waals surface area contributed by atoms with E-state index < -0.39 is 0 Å². The van der Waals surface area contributed by atoms with Gasteiger partial charge in [0.25, 0.3) is 0 Å². The van der Waals surface area contributed by atoms with Crippen LogP contribution < -0.4 is 0 Å². The summed E-state index contributed by atoms with van der Waals surface area (Å²) in [7, 11) is 0. The maximum atomic E-state index is 2.65. The van der Waals surface area contributed by atoms with Gasteiger partial charge in [-0.1, -0.05) is 36.1 Å². The van der Waals surface area contributed by atoms with Crippen LogP contribution in [-0.4, -0.2) is 49.1 Å². The van der Waals surface area contributed by atoms with Gasteiger partial charge in [-0.2, -0.15) is 0 Å². The molecule has 3 rings (SSSR count). The van der Waals surface area contributed by atoms with Crippen LogP contribution in [0, 0.1) is 0 Å². The Morgan fingerprint density at radius 2 is 1.05 bits per heavy atom. The molecule has 0 aromatic carbocycles. The van der Waals surface area contributed by atoms with Gasteiger partial charge in [-0.15, -0.1) is 0 Å². The van der Waals surface area contributed by atoms with Crippen molar-refractivity contribution in [2.24, 2.45) is 0 Å². The maximum absolute atomic E-state index is 2.65. The third-order valence-corrected chi connectivity index (χ3v) is 4.76. The molecule has 2 aliphatic heterocycles. The SMILES string of the molecule is C1=C(CN2CCCCC2)CC(CN2CCCCC2)=C1. The van der Waals surface area contributed by atoms with Gasteiger partial charge >= 0.3 is 0 Å². The number of nitrogens with zero attached hydrogens (tertiary/aromatic N) is 2. The summed E-state index contributed by atoms with van der Waals surface area (Å²) in [5, 5.41) is 0. The molecule has 0 aromatic rings. The van der Waals surface area contributed by atoms with Crippen molar-refractivity contribution in [3.05, 3.63) is 23.3 Å². The fourth-order valence-electron chi connectivity index (χ4n) is 3.67. The lowest BCUT2D eigenvalue weighted by Gasteiger charge is -2.28. The molecule has 106 valence electrons. The van der Waals surface area contributed by atoms with Gasteiger partial charge in [0.1, 0.15) is 0 Å². The number of piperidine rings is 2. The third kappa shape index (κ3) is 3.93. The van der Waals surface area contributed by atoms with Gasteiger partial charge in [-0.3, -0.25) is 9.80 Å². The highest BCUT2D eigenvalue weighted by Crippen LogP contribution is 2.23. The number of allylic oxidation sites excluding steroid dienone is 2. The summed E-state index contributed by atoms with van der Waals surface area (Å²) in [4.78, 5) is 5.29. The molecule has 2 saturated heterocycles. The standard InChI is InChI=1S/C17H28N2/c1-3-9-18(10-4-1)14-16-7-8-17(13-16)15-19-11-5-2-6-12-19/h7-8H,1-6,9-15H2. The Hall–Kier alpha value is -0.600. The number of likely N-dealkylation sites (tertiary alicyclic amines) is 2. The molecule has 0 atom stereocenters. The Morgan fingerprint density at radius 3 is 1.47 bits per heavy atom. The fraction of sp³-hybridized carbons (Fsp3) is 0.765. The molecule has 2 heterocycles. The molecule has 0 spiro atoms. The Kier molecular flexibility index (Phi) is 4.73. The molecule has 0 bridgehead atoms. The predicted octanol–water partition coefficient (Wildman–Crippen LogP) is 3.21. The number of hydrogen-bond donors (Lipinski definition) is 0. The quantitative estimate of drug-likeness (QED) is 0.766. The molecule has 1 aliphatic carbocycles. The van der Waals surface area contributed by atoms with Crippen LogP contribution >= 0.6 is 0 Å². The van der Waals surface area contributed by atoms with Crippen LogP contribution in [0.2, 0.25) is 0 Å². The van der Waals surface area contributed by atoms with Crippen molar-refractivity contribution < 1.29 is 0 Å². The number of rotatable bonds is 4. The summed E-state index contributed by atoms with van der Waals surface area (Å²) >= 11 is 0. The molecule has 0 unspecified atom stereocenters. The lowest BCUT2D eigenvalue weighted by Crippen LogP contribution is -2.32. The summed E-state index contributed by atoms with van der Waals surface area (Å²) in [5.74, 6) is 0. The topological polar surface area (TPSA) is 6.48 Å². The summed E-state index contributed by atoms with van der Waals surface area (Å²) in [5.41, 5.74) is 3.29. The normalized spacial score (nSPS) is 26.3. The van der Waals surface area contributed by atoms with Crippen molar-refractivity contribution in [3.63, 3.8) is 0 Å². The van der Waals surface area contributed by atoms with Gasteiger partial charge in [-0.25, -0.2) is 0 Å². The van der Waals surface area contributed by atoms with E-state index in [9.17, 15) is 0 Å². The molecule has 0 saturated carbocycles. The van der Waals surface area contributed by atoms with Crippen LogP contribution in [0.15, 0.2) is 23.3 Å². The highest BCUT2D eigenvalue weighted by molar-refractivity contribution is 5.32. The molecule has 0 N–H and O–H groups in total. The monoisotopic (exact) mass is 260 g/mol. The minimum Gasteiger partial charge on any atom is -0.299 e. The highest BCUT2D eigenvalue weighted by Gasteiger charge is 2.17. The molecule has 2 fully saturated rings. The van der Waals surface area contributed by atoms with Gasteiger partial charge in [0, 0.05) is 13.1 Å². The minimum atomic E-state index is 1.22. The molecule has 2 heteroatoms. The average molecular weight is 260 g/mol. The smallest absolute Gasteiger partial charge is 0.0199 e. The van der Waals surface area contributed by atoms with Gasteiger partial charge in [-0.05, 0) is 58.3 Å². The van der Waals surface area contributed by atoms with Crippen molar-refractivity contribution >= 4 is 0 Å². The van der Waals surface area contributed by atoms with Crippen LogP contribution in [0.3, 0.4) is 0 Å². The lowest BCUT2D eigenvalue weighted by molar-refractivity contribution is 0.240. The number of hydrogen-bond acceptors (Lipinski definition) is 2. The summed E-state index contributed by atoms with van der Waals surface area (Å²) in [6.07, 6.45) is 14.5. The van der Waals surface area contributed by atoms with Crippen LogP contribution in [0.5, 0.6) is 0 Å². The Balaban J connectivity index is 1.40. The van der Waals surface area contributed by atoms with Crippen molar-refractivity contribution in [1.29, 1.82) is 0 Å². The Bertz CT molecular complexity index is 310. The summed E-state index contributed by atoms with van der Waals surface area (Å²) in [6, 6.07) is 0. The van der Waals surface area contributed by atoms with Crippen molar-refractivity contribution in [2.45, 2.75) is 44.9 Å². The first-order chi connectivity index (χ1) is 9.40. The van der Waals surface area contributed by atoms with Gasteiger partial charge < -0.3 is 0 Å². The van der Waals surface area contributed by atoms with E-state index in [1.54, 1.807) is 11.1 Å². The minimum absolute atomic E-state index is 1.22. The lowest BCUT2D eigenvalue weighted by atomic mass is 10.1. The van der Waals surface area contributed by atoms with E-state index in [0.29, 0.717) is 0 Å². The van der Waals surface area contributed by atoms with Crippen molar-refractivity contribution in [1.82, 2.24) is 9.80 Å². The molecular weight excluding hydrogens is 232 g/mol. The molecule has 3 aliphatic rings. The van der Waals surface area contributed by atoms with E-state index in [0.717, 1.165) is 0 Å². The molecule has 19 heavy (non-hydrogen) atoms. The van der Waals surface area contributed by atoms with Crippen LogP contribution in [0.25, 0.3) is 0 Å². The molecule has 0 amide bonds. The second-order valence-corrected chi connectivity index (χ2v) is 6.50. The van der Waals surface area contributed by atoms with Crippen LogP contribution in [0.1, 0.15) is 44.9 Å². The first-order valence-electron chi connectivity index (χ1n) is 8.22. The second-order valence-electron chi connectivity index (χ2n) is 6.50. The highest BCUT2D eigenvalue weighted by atomic mass is 15.1. The largest absolute Gasteiger partial charge is 0.299 e. The van der Waals surface area contributed by atoms with E-state index in [-0.39, 0.29) is 0 Å². The molecule has 0 radical (unpaired) electrons. The Morgan fingerprint density at radius 1 is 0.632 bits per heavy atom. The van der Waals surface area contributed by atoms with E-state index in [4.69, 9.17) is 0 Å². The maximum Gasteiger partial charge on any atom is 0.0199 e. The van der Waals surface area contributed by atoms with Gasteiger partial charge in [0.2, 0.25) is 0 Å². The summed E-state index contributed by atoms with van der Waals surface area (Å²) in [6.45, 7) is 7.72. The van der Waals surface area contributed by atoms with E-state index in [1.165, 1.54) is 84.2 Å². The molecular formula is C17H28N2. The van der Waals surface area contributed by atoms with Gasteiger partial charge in [0.15, 0.2) is 0 Å². The van der Waals surface area contributed by atoms with Crippen LogP contribution in [-0.2, 0) is 0 Å². The van der Waals surface area contributed by atoms with Gasteiger partial charge in [0.05, 0.1) is 0 Å². The first-order valence-corrected chi connectivity index (χ1v) is 8.22. The summed E-state index contributed by atoms with van der Waals surface area (Å²) < 4.78 is 0. The average Bonchev–Trinajstić information content (AvgIpc) is 2.88. The van der Waals surface area contributed by atoms with E-state index >= 15 is 0 Å². The molecule has 0 aromatic heterocycles. The molecule has 2 nitrogen and oxygen atoms in total. The predicted molar refractivity (Wildman–Crippen MR) is 81.4 cm³/mol. The van der Waals surface area contributed by atoms with Crippen molar-refractivity contribution in [2.75, 3.05) is 39.3 Å². The van der Waals surface area contributed by atoms with E-state index in [1.807, 2.05) is 0 Å². The third-order valence-electron chi connectivity index (χ3n) is 4.76. The van der Waals surface area contributed by atoms with E-state index in [2.05, 4.69) is 22.0 Å².